The van der Waals surface area contributed by atoms with Crippen LogP contribution >= 0.6 is 0 Å². The number of hydrogen-bond donors (Lipinski definition) is 1. The van der Waals surface area contributed by atoms with E-state index >= 15 is 0 Å². The lowest BCUT2D eigenvalue weighted by Crippen LogP contribution is -2.14. The first-order chi connectivity index (χ1) is 18.8. The molecule has 1 fully saturated rings. The summed E-state index contributed by atoms with van der Waals surface area (Å²) in [5.74, 6) is -0.0619. The average molecular weight is 534 g/mol. The number of methoxy groups -OCH3 is 1. The fraction of sp³-hybridized carbons (Fsp3) is 0.241. The summed E-state index contributed by atoms with van der Waals surface area (Å²) in [5, 5.41) is 3.33. The van der Waals surface area contributed by atoms with Crippen LogP contribution in [0.25, 0.3) is 22.0 Å². The molecule has 1 aliphatic rings. The number of anilines is 1. The van der Waals surface area contributed by atoms with Crippen LogP contribution in [0.5, 0.6) is 5.75 Å². The Kier molecular flexibility index (Phi) is 7.19. The molecule has 4 aromatic rings. The number of ether oxygens (including phenoxy) is 1. The Morgan fingerprint density at radius 2 is 2.00 bits per heavy atom. The number of hydrogen-bond acceptors (Lipinski definition) is 6. The number of halogens is 3. The maximum Gasteiger partial charge on any atom is 0.416 e. The second-order valence-corrected chi connectivity index (χ2v) is 9.29. The van der Waals surface area contributed by atoms with Gasteiger partial charge in [0, 0.05) is 47.9 Å². The lowest BCUT2D eigenvalue weighted by Gasteiger charge is -2.17. The number of carbonyl (C=O) groups is 1. The van der Waals surface area contributed by atoms with Crippen LogP contribution in [0, 0.1) is 0 Å². The zero-order valence-electron chi connectivity index (χ0n) is 21.4. The van der Waals surface area contributed by atoms with Crippen LogP contribution in [0.15, 0.2) is 73.5 Å². The second-order valence-electron chi connectivity index (χ2n) is 9.29. The largest absolute Gasteiger partial charge is 0.496 e. The fourth-order valence-electron chi connectivity index (χ4n) is 4.92. The van der Waals surface area contributed by atoms with Crippen molar-refractivity contribution in [2.75, 3.05) is 25.5 Å². The fourth-order valence-corrected chi connectivity index (χ4v) is 4.92. The quantitative estimate of drug-likeness (QED) is 0.314. The molecular formula is C29H26F3N5O2. The Labute approximate surface area is 223 Å². The van der Waals surface area contributed by atoms with Gasteiger partial charge in [0.2, 0.25) is 0 Å². The van der Waals surface area contributed by atoms with Gasteiger partial charge in [-0.05, 0) is 73.1 Å². The summed E-state index contributed by atoms with van der Waals surface area (Å²) in [5.41, 5.74) is 3.01. The predicted octanol–water partition coefficient (Wildman–Crippen LogP) is 6.29. The third-order valence-corrected chi connectivity index (χ3v) is 6.76. The van der Waals surface area contributed by atoms with Crippen molar-refractivity contribution in [2.24, 2.45) is 0 Å². The summed E-state index contributed by atoms with van der Waals surface area (Å²) in [7, 11) is 1.51. The molecule has 5 rings (SSSR count). The first kappa shape index (κ1) is 26.1. The van der Waals surface area contributed by atoms with Crippen LogP contribution in [0.4, 0.5) is 19.0 Å². The zero-order valence-corrected chi connectivity index (χ0v) is 21.4. The summed E-state index contributed by atoms with van der Waals surface area (Å²) >= 11 is 0. The molecule has 1 amide bonds. The van der Waals surface area contributed by atoms with Crippen molar-refractivity contribution >= 4 is 22.6 Å². The Hall–Kier alpha value is -4.47. The Morgan fingerprint density at radius 1 is 1.15 bits per heavy atom. The van der Waals surface area contributed by atoms with Gasteiger partial charge in [-0.3, -0.25) is 4.79 Å². The Morgan fingerprint density at radius 3 is 2.77 bits per heavy atom. The number of alkyl halides is 3. The van der Waals surface area contributed by atoms with Gasteiger partial charge in [0.05, 0.1) is 18.2 Å². The molecule has 0 aliphatic carbocycles. The number of amides is 1. The molecule has 2 aromatic carbocycles. The highest BCUT2D eigenvalue weighted by atomic mass is 19.4. The van der Waals surface area contributed by atoms with Crippen LogP contribution in [-0.2, 0) is 6.18 Å². The number of fused-ring (bicyclic) bond motifs is 1. The first-order valence-corrected chi connectivity index (χ1v) is 12.4. The average Bonchev–Trinajstić information content (AvgIpc) is 3.40. The summed E-state index contributed by atoms with van der Waals surface area (Å²) in [4.78, 5) is 27.8. The highest BCUT2D eigenvalue weighted by Gasteiger charge is 2.31. The first-order valence-electron chi connectivity index (χ1n) is 12.4. The highest BCUT2D eigenvalue weighted by molar-refractivity contribution is 6.04. The standard InChI is InChI=1S/C29H26F3N5O2/c1-3-9-37-10-7-19(16-37)24-12-20(11-21-15-33-17-35-27(21)24)23-5-4-18(13-25(23)39-2)28(38)36-26-14-22(6-8-34-26)29(30,31)32/h3-6,8-9,11-15,17,19H,7,10,16H2,1-2H3,(H,34,36,38). The molecule has 200 valence electrons. The number of rotatable bonds is 6. The predicted molar refractivity (Wildman–Crippen MR) is 142 cm³/mol. The highest BCUT2D eigenvalue weighted by Crippen LogP contribution is 2.38. The summed E-state index contributed by atoms with van der Waals surface area (Å²) in [6.45, 7) is 3.84. The van der Waals surface area contributed by atoms with E-state index in [1.165, 1.54) is 7.11 Å². The van der Waals surface area contributed by atoms with Gasteiger partial charge in [-0.1, -0.05) is 6.08 Å². The molecule has 2 aromatic heterocycles. The van der Waals surface area contributed by atoms with Crippen molar-refractivity contribution in [2.45, 2.75) is 25.4 Å². The van der Waals surface area contributed by atoms with E-state index in [2.05, 4.69) is 37.4 Å². The molecule has 0 radical (unpaired) electrons. The molecule has 1 N–H and O–H groups in total. The molecule has 1 unspecified atom stereocenters. The van der Waals surface area contributed by atoms with Crippen LogP contribution in [-0.4, -0.2) is 46.0 Å². The van der Waals surface area contributed by atoms with Gasteiger partial charge >= 0.3 is 6.18 Å². The number of aromatic nitrogens is 3. The monoisotopic (exact) mass is 533 g/mol. The van der Waals surface area contributed by atoms with Crippen molar-refractivity contribution in [1.82, 2.24) is 19.9 Å². The molecule has 10 heteroatoms. The van der Waals surface area contributed by atoms with Crippen LogP contribution < -0.4 is 10.1 Å². The van der Waals surface area contributed by atoms with Crippen molar-refractivity contribution in [3.8, 4) is 16.9 Å². The molecule has 1 atom stereocenters. The number of pyridine rings is 1. The van der Waals surface area contributed by atoms with E-state index in [0.717, 1.165) is 65.4 Å². The van der Waals surface area contributed by atoms with Gasteiger partial charge in [0.1, 0.15) is 17.9 Å². The van der Waals surface area contributed by atoms with E-state index in [1.807, 2.05) is 19.1 Å². The zero-order chi connectivity index (χ0) is 27.6. The maximum atomic E-state index is 13.0. The molecule has 3 heterocycles. The second kappa shape index (κ2) is 10.7. The number of nitrogens with one attached hydrogen (secondary N) is 1. The van der Waals surface area contributed by atoms with Crippen molar-refractivity contribution in [3.63, 3.8) is 0 Å². The van der Waals surface area contributed by atoms with E-state index in [4.69, 9.17) is 4.74 Å². The van der Waals surface area contributed by atoms with E-state index in [9.17, 15) is 18.0 Å². The molecule has 1 aliphatic heterocycles. The SMILES string of the molecule is CC=CN1CCC(c2cc(-c3ccc(C(=O)Nc4cc(C(F)(F)F)ccn4)cc3OC)cc3cncnc23)C1. The number of benzene rings is 2. The minimum absolute atomic E-state index is 0.194. The molecule has 1 saturated heterocycles. The third-order valence-electron chi connectivity index (χ3n) is 6.76. The normalized spacial score (nSPS) is 15.7. The van der Waals surface area contributed by atoms with Gasteiger partial charge in [-0.2, -0.15) is 13.2 Å². The summed E-state index contributed by atoms with van der Waals surface area (Å²) in [6.07, 6.45) is 4.92. The van der Waals surface area contributed by atoms with Gasteiger partial charge in [0.15, 0.2) is 0 Å². The van der Waals surface area contributed by atoms with Gasteiger partial charge in [-0.15, -0.1) is 0 Å². The summed E-state index contributed by atoms with van der Waals surface area (Å²) in [6, 6.07) is 10.7. The summed E-state index contributed by atoms with van der Waals surface area (Å²) < 4.78 is 44.8. The van der Waals surface area contributed by atoms with E-state index in [0.29, 0.717) is 5.75 Å². The number of nitrogens with zero attached hydrogens (tertiary/aromatic N) is 4. The number of carbonyl (C=O) groups excluding carboxylic acids is 1. The smallest absolute Gasteiger partial charge is 0.416 e. The Balaban J connectivity index is 1.47. The van der Waals surface area contributed by atoms with Crippen molar-refractivity contribution in [3.05, 3.63) is 90.2 Å². The van der Waals surface area contributed by atoms with Gasteiger partial charge < -0.3 is 15.0 Å². The minimum Gasteiger partial charge on any atom is -0.496 e. The third kappa shape index (κ3) is 5.55. The molecule has 0 spiro atoms. The number of likely N-dealkylation sites (tertiary alicyclic amines) is 1. The molecular weight excluding hydrogens is 507 g/mol. The molecule has 7 nitrogen and oxygen atoms in total. The molecule has 39 heavy (non-hydrogen) atoms. The number of allylic oxidation sites excluding steroid dienone is 1. The van der Waals surface area contributed by atoms with E-state index in [-0.39, 0.29) is 17.3 Å². The van der Waals surface area contributed by atoms with Gasteiger partial charge in [0.25, 0.3) is 5.91 Å². The van der Waals surface area contributed by atoms with Gasteiger partial charge in [-0.25, -0.2) is 15.0 Å². The van der Waals surface area contributed by atoms with Crippen LogP contribution in [0.1, 0.15) is 40.7 Å². The minimum atomic E-state index is -4.54. The van der Waals surface area contributed by atoms with E-state index < -0.39 is 17.6 Å². The lowest BCUT2D eigenvalue weighted by atomic mass is 9.91. The van der Waals surface area contributed by atoms with Crippen LogP contribution in [0.2, 0.25) is 0 Å². The maximum absolute atomic E-state index is 13.0. The topological polar surface area (TPSA) is 80.2 Å². The van der Waals surface area contributed by atoms with E-state index in [1.54, 1.807) is 30.7 Å². The molecule has 0 bridgehead atoms. The lowest BCUT2D eigenvalue weighted by molar-refractivity contribution is -0.137. The molecule has 0 saturated carbocycles. The van der Waals surface area contributed by atoms with Crippen molar-refractivity contribution < 1.29 is 22.7 Å². The van der Waals surface area contributed by atoms with Crippen molar-refractivity contribution in [1.29, 1.82) is 0 Å². The van der Waals surface area contributed by atoms with Crippen LogP contribution in [0.3, 0.4) is 0 Å². The Bertz CT molecular complexity index is 1550.